The number of nitrogens with zero attached hydrogens (tertiary/aromatic N) is 2. The molecule has 2 bridgehead atoms. The smallest absolute Gasteiger partial charge is 0.254 e. The highest BCUT2D eigenvalue weighted by atomic mass is 35.5. The van der Waals surface area contributed by atoms with Crippen LogP contribution in [0.2, 0.25) is 5.02 Å². The zero-order valence-corrected chi connectivity index (χ0v) is 14.2. The minimum absolute atomic E-state index is 0.171. The zero-order valence-electron chi connectivity index (χ0n) is 13.5. The number of rotatable bonds is 5. The maximum absolute atomic E-state index is 12.6. The fourth-order valence-electron chi connectivity index (χ4n) is 4.02. The number of carbonyl (C=O) groups is 2. The van der Waals surface area contributed by atoms with Crippen LogP contribution in [0.15, 0.2) is 48.1 Å². The molecule has 1 aromatic rings. The van der Waals surface area contributed by atoms with Crippen LogP contribution in [-0.4, -0.2) is 29.6 Å². The van der Waals surface area contributed by atoms with Gasteiger partial charge in [0.1, 0.15) is 12.4 Å². The van der Waals surface area contributed by atoms with E-state index >= 15 is 0 Å². The minimum atomic E-state index is -0.254. The number of fused-ring (bicyclic) bond motifs is 5. The molecule has 3 aliphatic rings. The van der Waals surface area contributed by atoms with E-state index in [2.05, 4.69) is 23.8 Å². The van der Waals surface area contributed by atoms with Crippen LogP contribution >= 0.6 is 11.6 Å². The molecule has 0 aromatic heterocycles. The second-order valence-corrected chi connectivity index (χ2v) is 6.95. The summed E-state index contributed by atoms with van der Waals surface area (Å²) in [5.41, 5.74) is 0.605. The van der Waals surface area contributed by atoms with Crippen molar-refractivity contribution in [2.75, 3.05) is 6.61 Å². The molecule has 25 heavy (non-hydrogen) atoms. The Morgan fingerprint density at radius 2 is 1.92 bits per heavy atom. The zero-order chi connectivity index (χ0) is 17.6. The summed E-state index contributed by atoms with van der Waals surface area (Å²) in [5, 5.41) is 5.69. The quantitative estimate of drug-likeness (QED) is 0.463. The Bertz CT molecular complexity index is 787. The van der Waals surface area contributed by atoms with Gasteiger partial charge in [0.2, 0.25) is 0 Å². The molecule has 4 atom stereocenters. The predicted octanol–water partition coefficient (Wildman–Crippen LogP) is 3.05. The molecule has 4 rings (SSSR count). The molecule has 2 fully saturated rings. The number of hydrogen-bond acceptors (Lipinski definition) is 4. The topological polar surface area (TPSA) is 59.0 Å². The van der Waals surface area contributed by atoms with Gasteiger partial charge in [0.25, 0.3) is 11.8 Å². The van der Waals surface area contributed by atoms with Crippen LogP contribution in [0.3, 0.4) is 0 Å². The molecule has 2 amide bonds. The summed E-state index contributed by atoms with van der Waals surface area (Å²) in [4.78, 5) is 25.2. The summed E-state index contributed by atoms with van der Waals surface area (Å²) < 4.78 is 5.56. The lowest BCUT2D eigenvalue weighted by molar-refractivity contribution is -0.140. The molecule has 128 valence electrons. The van der Waals surface area contributed by atoms with Gasteiger partial charge in [0.05, 0.1) is 18.1 Å². The van der Waals surface area contributed by atoms with Crippen LogP contribution in [0.25, 0.3) is 0 Å². The number of hydrazone groups is 1. The Labute approximate surface area is 150 Å². The van der Waals surface area contributed by atoms with Gasteiger partial charge < -0.3 is 4.74 Å². The fraction of sp³-hybridized carbons (Fsp3) is 0.316. The lowest BCUT2D eigenvalue weighted by Gasteiger charge is -2.13. The maximum atomic E-state index is 12.6. The molecule has 0 radical (unpaired) electrons. The molecule has 6 heteroatoms. The molecule has 0 spiro atoms. The predicted molar refractivity (Wildman–Crippen MR) is 94.3 cm³/mol. The van der Waals surface area contributed by atoms with Gasteiger partial charge >= 0.3 is 0 Å². The first kappa shape index (κ1) is 16.1. The summed E-state index contributed by atoms with van der Waals surface area (Å²) in [6, 6.07) is 5.11. The normalized spacial score (nSPS) is 29.7. The summed E-state index contributed by atoms with van der Waals surface area (Å²) in [7, 11) is 0. The van der Waals surface area contributed by atoms with E-state index in [0.29, 0.717) is 22.9 Å². The fourth-order valence-corrected chi connectivity index (χ4v) is 4.20. The maximum Gasteiger partial charge on any atom is 0.254 e. The van der Waals surface area contributed by atoms with Crippen LogP contribution in [0.1, 0.15) is 12.0 Å². The van der Waals surface area contributed by atoms with Crippen molar-refractivity contribution in [1.82, 2.24) is 5.01 Å². The second-order valence-electron chi connectivity index (χ2n) is 6.51. The Morgan fingerprint density at radius 3 is 2.56 bits per heavy atom. The van der Waals surface area contributed by atoms with Crippen LogP contribution in [0.4, 0.5) is 0 Å². The number of amides is 2. The lowest BCUT2D eigenvalue weighted by Crippen LogP contribution is -2.28. The Morgan fingerprint density at radius 1 is 1.24 bits per heavy atom. The molecule has 1 heterocycles. The van der Waals surface area contributed by atoms with Gasteiger partial charge in [0, 0.05) is 10.6 Å². The van der Waals surface area contributed by atoms with Crippen molar-refractivity contribution in [1.29, 1.82) is 0 Å². The number of benzene rings is 1. The molecule has 1 aromatic carbocycles. The van der Waals surface area contributed by atoms with Gasteiger partial charge in [-0.3, -0.25) is 9.59 Å². The van der Waals surface area contributed by atoms with E-state index in [-0.39, 0.29) is 35.5 Å². The molecule has 1 aliphatic heterocycles. The van der Waals surface area contributed by atoms with Crippen molar-refractivity contribution in [3.05, 3.63) is 53.6 Å². The van der Waals surface area contributed by atoms with Crippen LogP contribution in [0.5, 0.6) is 5.75 Å². The van der Waals surface area contributed by atoms with Crippen molar-refractivity contribution in [2.45, 2.75) is 6.42 Å². The van der Waals surface area contributed by atoms with E-state index in [1.165, 1.54) is 6.21 Å². The summed E-state index contributed by atoms with van der Waals surface area (Å²) in [6.07, 6.45) is 8.10. The molecular weight excluding hydrogens is 340 g/mol. The first-order chi connectivity index (χ1) is 12.1. The monoisotopic (exact) mass is 356 g/mol. The van der Waals surface area contributed by atoms with Crippen molar-refractivity contribution in [2.24, 2.45) is 28.8 Å². The first-order valence-corrected chi connectivity index (χ1v) is 8.61. The summed E-state index contributed by atoms with van der Waals surface area (Å²) >= 11 is 6.03. The van der Waals surface area contributed by atoms with Gasteiger partial charge in [0.15, 0.2) is 0 Å². The number of carbonyl (C=O) groups excluding carboxylic acids is 2. The minimum Gasteiger partial charge on any atom is -0.489 e. The van der Waals surface area contributed by atoms with E-state index in [9.17, 15) is 9.59 Å². The largest absolute Gasteiger partial charge is 0.489 e. The second kappa shape index (κ2) is 6.15. The summed E-state index contributed by atoms with van der Waals surface area (Å²) in [5.74, 6) is -0.0222. The van der Waals surface area contributed by atoms with E-state index < -0.39 is 0 Å². The number of allylic oxidation sites excluding steroid dienone is 2. The van der Waals surface area contributed by atoms with Gasteiger partial charge in [-0.25, -0.2) is 0 Å². The standard InChI is InChI=1S/C19H17ClN2O3/c1-2-7-25-15-6-5-14(20)9-13(15)10-21-22-18(23)16-11-3-4-12(8-11)17(16)19(22)24/h2-6,9-12,16-17H,1,7-8H2. The van der Waals surface area contributed by atoms with E-state index in [4.69, 9.17) is 16.3 Å². The Balaban J connectivity index is 1.59. The average Bonchev–Trinajstić information content (AvgIpc) is 3.27. The number of ether oxygens (including phenoxy) is 1. The lowest BCUT2D eigenvalue weighted by atomic mass is 9.85. The molecule has 2 aliphatic carbocycles. The van der Waals surface area contributed by atoms with Gasteiger partial charge in [-0.05, 0) is 36.5 Å². The van der Waals surface area contributed by atoms with Gasteiger partial charge in [-0.2, -0.15) is 10.1 Å². The third-order valence-corrected chi connectivity index (χ3v) is 5.32. The van der Waals surface area contributed by atoms with E-state index in [1.54, 1.807) is 24.3 Å². The number of hydrogen-bond donors (Lipinski definition) is 0. The third-order valence-electron chi connectivity index (χ3n) is 5.09. The van der Waals surface area contributed by atoms with Crippen LogP contribution in [0, 0.1) is 23.7 Å². The molecular formula is C19H17ClN2O3. The highest BCUT2D eigenvalue weighted by Crippen LogP contribution is 2.52. The van der Waals surface area contributed by atoms with Crippen LogP contribution < -0.4 is 4.74 Å². The van der Waals surface area contributed by atoms with Crippen molar-refractivity contribution < 1.29 is 14.3 Å². The molecule has 1 saturated carbocycles. The third kappa shape index (κ3) is 2.59. The average molecular weight is 357 g/mol. The molecule has 1 saturated heterocycles. The summed E-state index contributed by atoms with van der Waals surface area (Å²) in [6.45, 7) is 3.95. The van der Waals surface area contributed by atoms with Crippen LogP contribution in [-0.2, 0) is 9.59 Å². The van der Waals surface area contributed by atoms with Crippen molar-refractivity contribution in [3.8, 4) is 5.75 Å². The molecule has 0 N–H and O–H groups in total. The number of imide groups is 1. The first-order valence-electron chi connectivity index (χ1n) is 8.23. The Kier molecular flexibility index (Phi) is 3.96. The van der Waals surface area contributed by atoms with E-state index in [0.717, 1.165) is 11.4 Å². The Hall–Kier alpha value is -2.40. The van der Waals surface area contributed by atoms with Gasteiger partial charge in [-0.1, -0.05) is 36.4 Å². The van der Waals surface area contributed by atoms with Crippen molar-refractivity contribution in [3.63, 3.8) is 0 Å². The SMILES string of the molecule is C=CCOc1ccc(Cl)cc1C=NN1C(=O)C2C3C=CC(C3)C2C1=O. The highest BCUT2D eigenvalue weighted by Gasteiger charge is 2.59. The van der Waals surface area contributed by atoms with Crippen molar-refractivity contribution >= 4 is 29.6 Å². The molecule has 5 nitrogen and oxygen atoms in total. The van der Waals surface area contributed by atoms with E-state index in [1.807, 2.05) is 0 Å². The number of halogens is 1. The highest BCUT2D eigenvalue weighted by molar-refractivity contribution is 6.31. The van der Waals surface area contributed by atoms with Gasteiger partial charge in [-0.15, -0.1) is 0 Å². The molecule has 4 unspecified atom stereocenters.